The number of aryl methyl sites for hydroxylation is 1. The number of nitrogens with two attached hydrogens (primary N) is 1. The number of pyridine rings is 1. The molecule has 3 rings (SSSR count). The average molecular weight is 396 g/mol. The SMILES string of the molecule is Cc1nc(-c2ccccc2)ccc1C(=O)N1CCC(N)C(C)(C)C1.Cl.Cl. The number of likely N-dealkylation sites (tertiary alicyclic amines) is 1. The van der Waals surface area contributed by atoms with Crippen molar-refractivity contribution in [2.45, 2.75) is 33.2 Å². The Balaban J connectivity index is 0.00000169. The summed E-state index contributed by atoms with van der Waals surface area (Å²) in [4.78, 5) is 19.5. The minimum absolute atomic E-state index is 0. The number of piperidine rings is 1. The van der Waals surface area contributed by atoms with Gasteiger partial charge < -0.3 is 10.6 Å². The van der Waals surface area contributed by atoms with Crippen molar-refractivity contribution in [1.29, 1.82) is 0 Å². The third-order valence-corrected chi connectivity index (χ3v) is 4.99. The molecular weight excluding hydrogens is 369 g/mol. The van der Waals surface area contributed by atoms with Crippen LogP contribution in [0, 0.1) is 12.3 Å². The third-order valence-electron chi connectivity index (χ3n) is 4.99. The second-order valence-corrected chi connectivity index (χ2v) is 7.31. The quantitative estimate of drug-likeness (QED) is 0.832. The van der Waals surface area contributed by atoms with Gasteiger partial charge in [-0.3, -0.25) is 9.78 Å². The van der Waals surface area contributed by atoms with Gasteiger partial charge in [-0.15, -0.1) is 24.8 Å². The summed E-state index contributed by atoms with van der Waals surface area (Å²) in [5.74, 6) is 0.0552. The number of carbonyl (C=O) groups excluding carboxylic acids is 1. The Bertz CT molecular complexity index is 750. The first-order chi connectivity index (χ1) is 11.4. The van der Waals surface area contributed by atoms with Crippen molar-refractivity contribution in [2.75, 3.05) is 13.1 Å². The molecule has 1 aromatic carbocycles. The Kier molecular flexibility index (Phi) is 7.63. The molecule has 4 nitrogen and oxygen atoms in total. The van der Waals surface area contributed by atoms with E-state index >= 15 is 0 Å². The van der Waals surface area contributed by atoms with Crippen LogP contribution in [0.4, 0.5) is 0 Å². The van der Waals surface area contributed by atoms with Gasteiger partial charge in [-0.05, 0) is 30.9 Å². The second kappa shape index (κ2) is 8.85. The van der Waals surface area contributed by atoms with Crippen LogP contribution in [-0.4, -0.2) is 34.9 Å². The Labute approximate surface area is 168 Å². The van der Waals surface area contributed by atoms with Gasteiger partial charge in [0.05, 0.1) is 17.0 Å². The molecular formula is C20H27Cl2N3O. The minimum Gasteiger partial charge on any atom is -0.338 e. The number of nitrogens with zero attached hydrogens (tertiary/aromatic N) is 2. The Morgan fingerprint density at radius 1 is 1.15 bits per heavy atom. The first-order valence-corrected chi connectivity index (χ1v) is 8.46. The molecule has 1 fully saturated rings. The lowest BCUT2D eigenvalue weighted by Crippen LogP contribution is -2.54. The number of benzene rings is 1. The van der Waals surface area contributed by atoms with Crippen LogP contribution in [0.3, 0.4) is 0 Å². The largest absolute Gasteiger partial charge is 0.338 e. The molecule has 6 heteroatoms. The van der Waals surface area contributed by atoms with E-state index in [2.05, 4.69) is 18.8 Å². The fourth-order valence-corrected chi connectivity index (χ4v) is 3.27. The van der Waals surface area contributed by atoms with Gasteiger partial charge in [0.2, 0.25) is 0 Å². The van der Waals surface area contributed by atoms with Crippen molar-refractivity contribution in [3.8, 4) is 11.3 Å². The average Bonchev–Trinajstić information content (AvgIpc) is 2.57. The lowest BCUT2D eigenvalue weighted by Gasteiger charge is -2.42. The number of rotatable bonds is 2. The van der Waals surface area contributed by atoms with Crippen molar-refractivity contribution in [3.05, 3.63) is 53.7 Å². The molecule has 0 spiro atoms. The van der Waals surface area contributed by atoms with Gasteiger partial charge in [0.25, 0.3) is 5.91 Å². The highest BCUT2D eigenvalue weighted by Crippen LogP contribution is 2.29. The van der Waals surface area contributed by atoms with E-state index in [0.717, 1.165) is 23.4 Å². The summed E-state index contributed by atoms with van der Waals surface area (Å²) < 4.78 is 0. The molecule has 2 heterocycles. The lowest BCUT2D eigenvalue weighted by atomic mass is 9.79. The zero-order valence-corrected chi connectivity index (χ0v) is 17.1. The van der Waals surface area contributed by atoms with E-state index in [1.807, 2.05) is 54.3 Å². The molecule has 2 N–H and O–H groups in total. The second-order valence-electron chi connectivity index (χ2n) is 7.31. The molecule has 142 valence electrons. The van der Waals surface area contributed by atoms with Crippen LogP contribution in [0.2, 0.25) is 0 Å². The first-order valence-electron chi connectivity index (χ1n) is 8.46. The summed E-state index contributed by atoms with van der Waals surface area (Å²) in [7, 11) is 0. The number of hydrogen-bond donors (Lipinski definition) is 1. The topological polar surface area (TPSA) is 59.2 Å². The Morgan fingerprint density at radius 3 is 2.38 bits per heavy atom. The van der Waals surface area contributed by atoms with Crippen molar-refractivity contribution in [3.63, 3.8) is 0 Å². The van der Waals surface area contributed by atoms with Crippen LogP contribution in [0.1, 0.15) is 36.3 Å². The van der Waals surface area contributed by atoms with Crippen LogP contribution >= 0.6 is 24.8 Å². The van der Waals surface area contributed by atoms with E-state index in [-0.39, 0.29) is 42.2 Å². The molecule has 0 radical (unpaired) electrons. The van der Waals surface area contributed by atoms with E-state index in [4.69, 9.17) is 5.73 Å². The summed E-state index contributed by atoms with van der Waals surface area (Å²) in [6, 6.07) is 14.0. The monoisotopic (exact) mass is 395 g/mol. The van der Waals surface area contributed by atoms with Gasteiger partial charge >= 0.3 is 0 Å². The van der Waals surface area contributed by atoms with Gasteiger partial charge in [0.1, 0.15) is 0 Å². The predicted molar refractivity (Wildman–Crippen MR) is 111 cm³/mol. The van der Waals surface area contributed by atoms with Gasteiger partial charge in [0.15, 0.2) is 0 Å². The smallest absolute Gasteiger partial charge is 0.255 e. The minimum atomic E-state index is -0.0563. The summed E-state index contributed by atoms with van der Waals surface area (Å²) in [6.07, 6.45) is 0.841. The van der Waals surface area contributed by atoms with Crippen LogP contribution < -0.4 is 5.73 Å². The molecule has 1 unspecified atom stereocenters. The zero-order valence-electron chi connectivity index (χ0n) is 15.4. The summed E-state index contributed by atoms with van der Waals surface area (Å²) >= 11 is 0. The number of amides is 1. The Hall–Kier alpha value is -1.62. The van der Waals surface area contributed by atoms with Gasteiger partial charge in [-0.2, -0.15) is 0 Å². The van der Waals surface area contributed by atoms with E-state index in [1.165, 1.54) is 0 Å². The Morgan fingerprint density at radius 2 is 1.81 bits per heavy atom. The maximum Gasteiger partial charge on any atom is 0.255 e. The predicted octanol–water partition coefficient (Wildman–Crippen LogP) is 4.10. The molecule has 1 aliphatic rings. The maximum atomic E-state index is 12.9. The number of hydrogen-bond acceptors (Lipinski definition) is 3. The normalized spacial score (nSPS) is 18.5. The highest BCUT2D eigenvalue weighted by atomic mass is 35.5. The van der Waals surface area contributed by atoms with Crippen molar-refractivity contribution in [2.24, 2.45) is 11.1 Å². The number of aromatic nitrogens is 1. The van der Waals surface area contributed by atoms with E-state index in [0.29, 0.717) is 18.7 Å². The molecule has 0 bridgehead atoms. The van der Waals surface area contributed by atoms with Crippen LogP contribution in [0.5, 0.6) is 0 Å². The molecule has 26 heavy (non-hydrogen) atoms. The van der Waals surface area contributed by atoms with E-state index < -0.39 is 0 Å². The number of halogens is 2. The standard InChI is InChI=1S/C20H25N3O.2ClH/c1-14-16(9-10-17(22-14)15-7-5-4-6-8-15)19(24)23-12-11-18(21)20(2,3)13-23;;/h4-10,18H,11-13,21H2,1-3H3;2*1H. The first kappa shape index (κ1) is 22.4. The van der Waals surface area contributed by atoms with Crippen molar-refractivity contribution in [1.82, 2.24) is 9.88 Å². The van der Waals surface area contributed by atoms with Gasteiger partial charge in [0, 0.05) is 24.7 Å². The molecule has 1 saturated heterocycles. The molecule has 0 saturated carbocycles. The van der Waals surface area contributed by atoms with Crippen molar-refractivity contribution < 1.29 is 4.79 Å². The summed E-state index contributed by atoms with van der Waals surface area (Å²) in [6.45, 7) is 7.55. The number of carbonyl (C=O) groups is 1. The van der Waals surface area contributed by atoms with E-state index in [9.17, 15) is 4.79 Å². The molecule has 1 aromatic heterocycles. The molecule has 1 aliphatic heterocycles. The summed E-state index contributed by atoms with van der Waals surface area (Å²) in [5, 5.41) is 0. The van der Waals surface area contributed by atoms with Crippen LogP contribution in [0.25, 0.3) is 11.3 Å². The third kappa shape index (κ3) is 4.56. The fourth-order valence-electron chi connectivity index (χ4n) is 3.27. The maximum absolute atomic E-state index is 12.9. The molecule has 1 amide bonds. The molecule has 1 atom stereocenters. The summed E-state index contributed by atoms with van der Waals surface area (Å²) in [5.41, 5.74) is 9.53. The fraction of sp³-hybridized carbons (Fsp3) is 0.400. The van der Waals surface area contributed by atoms with E-state index in [1.54, 1.807) is 0 Å². The van der Waals surface area contributed by atoms with Crippen molar-refractivity contribution >= 4 is 30.7 Å². The van der Waals surface area contributed by atoms with Gasteiger partial charge in [-0.25, -0.2) is 0 Å². The highest BCUT2D eigenvalue weighted by Gasteiger charge is 2.35. The molecule has 2 aromatic rings. The zero-order chi connectivity index (χ0) is 17.3. The van der Waals surface area contributed by atoms with Crippen LogP contribution in [-0.2, 0) is 0 Å². The van der Waals surface area contributed by atoms with Gasteiger partial charge in [-0.1, -0.05) is 44.2 Å². The molecule has 0 aliphatic carbocycles. The highest BCUT2D eigenvalue weighted by molar-refractivity contribution is 5.95. The van der Waals surface area contributed by atoms with Crippen LogP contribution in [0.15, 0.2) is 42.5 Å². The lowest BCUT2D eigenvalue weighted by molar-refractivity contribution is 0.0532.